The van der Waals surface area contributed by atoms with E-state index in [1.165, 1.54) is 0 Å². The number of likely N-dealkylation sites (N-methyl/N-ethyl adjacent to an activating group) is 1. The van der Waals surface area contributed by atoms with E-state index in [-0.39, 0.29) is 32.2 Å². The number of benzene rings is 2. The smallest absolute Gasteiger partial charge is 0.328 e. The third-order valence-corrected chi connectivity index (χ3v) is 6.93. The van der Waals surface area contributed by atoms with Gasteiger partial charge in [0.25, 0.3) is 5.91 Å². The molecular weight excluding hydrogens is 620 g/mol. The standard InChI is InChI=1S/C23H26N4O4.2C4H6O4/c1-25-12-14-26(15-13-25)16-20(28)31-17-27-21(29)23(24-22(27)30,18-8-4-2-5-9-18)19-10-6-3-7-11-19;2*5-3(6)1-2-4(7)8/h2-11H,12-17H2,1H3,(H,24,30);2*1-2H2,(H,5,6)(H,7,8). The number of carboxylic acids is 4. The number of urea groups is 1. The summed E-state index contributed by atoms with van der Waals surface area (Å²) >= 11 is 0. The number of hydrogen-bond acceptors (Lipinski definition) is 10. The van der Waals surface area contributed by atoms with Crippen LogP contribution in [0, 0.1) is 0 Å². The van der Waals surface area contributed by atoms with Crippen LogP contribution in [0.1, 0.15) is 36.8 Å². The Labute approximate surface area is 270 Å². The van der Waals surface area contributed by atoms with Crippen molar-refractivity contribution in [1.82, 2.24) is 20.0 Å². The SMILES string of the molecule is CN1CCN(CC(=O)OCN2C(=O)NC(c3ccccc3)(c3ccccc3)C2=O)CC1.O=C(O)CCC(=O)O.O=C(O)CCC(=O)O. The molecule has 254 valence electrons. The lowest BCUT2D eigenvalue weighted by molar-refractivity contribution is -0.151. The fraction of sp³-hybridized carbons (Fsp3) is 0.387. The summed E-state index contributed by atoms with van der Waals surface area (Å²) in [6, 6.07) is 17.6. The molecule has 2 aromatic rings. The molecule has 0 aliphatic carbocycles. The Morgan fingerprint density at radius 2 is 1.11 bits per heavy atom. The normalized spacial score (nSPS) is 15.6. The molecule has 2 aliphatic heterocycles. The van der Waals surface area contributed by atoms with E-state index in [9.17, 15) is 33.6 Å². The number of amides is 3. The van der Waals surface area contributed by atoms with E-state index in [1.807, 2.05) is 48.3 Å². The zero-order valence-corrected chi connectivity index (χ0v) is 25.7. The molecule has 0 bridgehead atoms. The maximum absolute atomic E-state index is 13.5. The van der Waals surface area contributed by atoms with E-state index in [0.717, 1.165) is 31.1 Å². The predicted molar refractivity (Wildman–Crippen MR) is 163 cm³/mol. The molecule has 2 aliphatic rings. The maximum Gasteiger partial charge on any atom is 0.328 e. The van der Waals surface area contributed by atoms with E-state index in [4.69, 9.17) is 25.2 Å². The number of nitrogens with one attached hydrogen (secondary N) is 1. The molecule has 2 saturated heterocycles. The minimum absolute atomic E-state index is 0.139. The molecular formula is C31H38N4O12. The van der Waals surface area contributed by atoms with Crippen LogP contribution in [0.3, 0.4) is 0 Å². The van der Waals surface area contributed by atoms with Gasteiger partial charge in [0.2, 0.25) is 0 Å². The predicted octanol–water partition coefficient (Wildman–Crippen LogP) is 1.10. The molecule has 47 heavy (non-hydrogen) atoms. The van der Waals surface area contributed by atoms with Crippen molar-refractivity contribution in [2.75, 3.05) is 46.5 Å². The average molecular weight is 659 g/mol. The molecule has 5 N–H and O–H groups in total. The number of hydrogen-bond donors (Lipinski definition) is 5. The Balaban J connectivity index is 0.000000397. The van der Waals surface area contributed by atoms with Gasteiger partial charge in [0.15, 0.2) is 12.3 Å². The van der Waals surface area contributed by atoms with Crippen molar-refractivity contribution in [1.29, 1.82) is 0 Å². The highest BCUT2D eigenvalue weighted by Crippen LogP contribution is 2.35. The Morgan fingerprint density at radius 3 is 1.49 bits per heavy atom. The number of rotatable bonds is 12. The van der Waals surface area contributed by atoms with Gasteiger partial charge < -0.3 is 35.4 Å². The molecule has 0 spiro atoms. The van der Waals surface area contributed by atoms with Gasteiger partial charge >= 0.3 is 35.9 Å². The van der Waals surface area contributed by atoms with Crippen LogP contribution >= 0.6 is 0 Å². The van der Waals surface area contributed by atoms with Crippen molar-refractivity contribution in [2.45, 2.75) is 31.2 Å². The minimum atomic E-state index is -1.36. The van der Waals surface area contributed by atoms with Crippen molar-refractivity contribution in [3.63, 3.8) is 0 Å². The maximum atomic E-state index is 13.5. The van der Waals surface area contributed by atoms with Gasteiger partial charge in [-0.2, -0.15) is 0 Å². The molecule has 0 saturated carbocycles. The Kier molecular flexibility index (Phi) is 15.0. The fourth-order valence-electron chi connectivity index (χ4n) is 4.43. The first-order valence-electron chi connectivity index (χ1n) is 14.4. The van der Waals surface area contributed by atoms with Crippen LogP contribution in [0.25, 0.3) is 0 Å². The van der Waals surface area contributed by atoms with Crippen LogP contribution in [0.2, 0.25) is 0 Å². The van der Waals surface area contributed by atoms with E-state index in [2.05, 4.69) is 10.2 Å². The van der Waals surface area contributed by atoms with Gasteiger partial charge in [-0.1, -0.05) is 60.7 Å². The second-order valence-corrected chi connectivity index (χ2v) is 10.4. The third-order valence-electron chi connectivity index (χ3n) is 6.93. The van der Waals surface area contributed by atoms with Gasteiger partial charge in [-0.15, -0.1) is 0 Å². The number of nitrogens with zero attached hydrogens (tertiary/aromatic N) is 3. The third kappa shape index (κ3) is 12.2. The van der Waals surface area contributed by atoms with E-state index < -0.39 is 54.1 Å². The van der Waals surface area contributed by atoms with E-state index in [1.54, 1.807) is 24.3 Å². The molecule has 0 aromatic heterocycles. The van der Waals surface area contributed by atoms with Crippen molar-refractivity contribution < 1.29 is 58.7 Å². The molecule has 2 fully saturated rings. The summed E-state index contributed by atoms with van der Waals surface area (Å²) in [5.41, 5.74) is -0.0691. The highest BCUT2D eigenvalue weighted by molar-refractivity contribution is 6.09. The van der Waals surface area contributed by atoms with Crippen LogP contribution in [0.15, 0.2) is 60.7 Å². The van der Waals surface area contributed by atoms with Gasteiger partial charge in [-0.25, -0.2) is 9.69 Å². The first-order valence-corrected chi connectivity index (χ1v) is 14.4. The molecule has 16 nitrogen and oxygen atoms in total. The minimum Gasteiger partial charge on any atom is -0.481 e. The lowest BCUT2D eigenvalue weighted by Crippen LogP contribution is -2.47. The lowest BCUT2D eigenvalue weighted by Gasteiger charge is -2.31. The van der Waals surface area contributed by atoms with E-state index >= 15 is 0 Å². The zero-order valence-electron chi connectivity index (χ0n) is 25.7. The van der Waals surface area contributed by atoms with Crippen molar-refractivity contribution in [2.24, 2.45) is 0 Å². The molecule has 0 unspecified atom stereocenters. The molecule has 3 amide bonds. The van der Waals surface area contributed by atoms with Crippen LogP contribution in [-0.2, 0) is 39.0 Å². The number of piperazine rings is 1. The fourth-order valence-corrected chi connectivity index (χ4v) is 4.43. The molecule has 4 rings (SSSR count). The highest BCUT2D eigenvalue weighted by atomic mass is 16.5. The molecule has 0 atom stereocenters. The molecule has 16 heteroatoms. The second-order valence-electron chi connectivity index (χ2n) is 10.4. The molecule has 2 aromatic carbocycles. The van der Waals surface area contributed by atoms with E-state index in [0.29, 0.717) is 11.1 Å². The number of imide groups is 1. The quantitative estimate of drug-likeness (QED) is 0.159. The topological polar surface area (TPSA) is 231 Å². The Bertz CT molecular complexity index is 1300. The van der Waals surface area contributed by atoms with Crippen LogP contribution < -0.4 is 5.32 Å². The first-order chi connectivity index (χ1) is 22.3. The first kappa shape index (κ1) is 37.8. The van der Waals surface area contributed by atoms with Crippen LogP contribution in [0.5, 0.6) is 0 Å². The van der Waals surface area contributed by atoms with Crippen LogP contribution in [0.4, 0.5) is 4.79 Å². The van der Waals surface area contributed by atoms with Crippen LogP contribution in [-0.4, -0.2) is 123 Å². The summed E-state index contributed by atoms with van der Waals surface area (Å²) in [5, 5.41) is 34.4. The summed E-state index contributed by atoms with van der Waals surface area (Å²) < 4.78 is 5.31. The van der Waals surface area contributed by atoms with Gasteiger partial charge in [-0.05, 0) is 18.2 Å². The molecule has 2 heterocycles. The molecule has 0 radical (unpaired) electrons. The lowest BCUT2D eigenvalue weighted by atomic mass is 9.83. The highest BCUT2D eigenvalue weighted by Gasteiger charge is 2.54. The Hall–Kier alpha value is -5.35. The number of carbonyl (C=O) groups excluding carboxylic acids is 3. The van der Waals surface area contributed by atoms with Gasteiger partial charge in [0.05, 0.1) is 32.2 Å². The summed E-state index contributed by atoms with van der Waals surface area (Å²) in [4.78, 5) is 82.3. The second kappa shape index (κ2) is 18.6. The number of aliphatic carboxylic acids is 4. The Morgan fingerprint density at radius 1 is 0.702 bits per heavy atom. The summed E-state index contributed by atoms with van der Waals surface area (Å²) in [6.07, 6.45) is -1.19. The van der Waals surface area contributed by atoms with Crippen molar-refractivity contribution >= 4 is 41.8 Å². The largest absolute Gasteiger partial charge is 0.481 e. The average Bonchev–Trinajstić information content (AvgIpc) is 3.30. The number of esters is 1. The van der Waals surface area contributed by atoms with Crippen molar-refractivity contribution in [3.8, 4) is 0 Å². The summed E-state index contributed by atoms with van der Waals surface area (Å²) in [5.74, 6) is -5.23. The summed E-state index contributed by atoms with van der Waals surface area (Å²) in [7, 11) is 2.04. The number of ether oxygens (including phenoxy) is 1. The number of carboxylic acid groups (broad SMARTS) is 4. The number of carbonyl (C=O) groups is 7. The van der Waals surface area contributed by atoms with Gasteiger partial charge in [0, 0.05) is 26.2 Å². The zero-order chi connectivity index (χ0) is 35.0. The van der Waals surface area contributed by atoms with Crippen molar-refractivity contribution in [3.05, 3.63) is 71.8 Å². The van der Waals surface area contributed by atoms with Gasteiger partial charge in [0.1, 0.15) is 0 Å². The van der Waals surface area contributed by atoms with Gasteiger partial charge in [-0.3, -0.25) is 33.7 Å². The summed E-state index contributed by atoms with van der Waals surface area (Å²) in [6.45, 7) is 3.05. The monoisotopic (exact) mass is 658 g/mol.